The van der Waals surface area contributed by atoms with E-state index in [0.29, 0.717) is 5.89 Å². The summed E-state index contributed by atoms with van der Waals surface area (Å²) in [5, 5.41) is 4.60. The van der Waals surface area contributed by atoms with Crippen LogP contribution in [0.3, 0.4) is 0 Å². The minimum absolute atomic E-state index is 0.603. The van der Waals surface area contributed by atoms with Crippen LogP contribution in [0.15, 0.2) is 235 Å². The summed E-state index contributed by atoms with van der Waals surface area (Å²) in [6.07, 6.45) is 0. The van der Waals surface area contributed by atoms with Gasteiger partial charge in [0.05, 0.1) is 5.69 Å². The SMILES string of the molecule is c1ccc(-c2ccc(-c3nc4cc(-c5ccccc5N(c5ccc(-c6cccc7ccccc67)cc5)c5cccc(-c6ccccc6)c5)c5ccccc5c4o3)cc2)cc1. The highest BCUT2D eigenvalue weighted by atomic mass is 16.3. The van der Waals surface area contributed by atoms with Crippen LogP contribution in [-0.2, 0) is 0 Å². The van der Waals surface area contributed by atoms with Gasteiger partial charge in [-0.2, -0.15) is 0 Å². The highest BCUT2D eigenvalue weighted by Crippen LogP contribution is 2.46. The van der Waals surface area contributed by atoms with Crippen LogP contribution in [0.5, 0.6) is 0 Å². The van der Waals surface area contributed by atoms with Crippen LogP contribution >= 0.6 is 0 Å². The van der Waals surface area contributed by atoms with Gasteiger partial charge in [-0.05, 0) is 104 Å². The number of benzene rings is 10. The van der Waals surface area contributed by atoms with Gasteiger partial charge in [0.25, 0.3) is 0 Å². The van der Waals surface area contributed by atoms with Crippen LogP contribution in [0.4, 0.5) is 17.1 Å². The van der Waals surface area contributed by atoms with Crippen molar-refractivity contribution in [2.24, 2.45) is 0 Å². The Morgan fingerprint density at radius 1 is 0.333 bits per heavy atom. The molecule has 11 aromatic rings. The lowest BCUT2D eigenvalue weighted by Crippen LogP contribution is -2.11. The van der Waals surface area contributed by atoms with Crippen molar-refractivity contribution in [3.63, 3.8) is 0 Å². The molecule has 11 rings (SSSR count). The molecule has 0 saturated carbocycles. The molecule has 0 saturated heterocycles. The maximum Gasteiger partial charge on any atom is 0.227 e. The van der Waals surface area contributed by atoms with Crippen molar-refractivity contribution in [3.05, 3.63) is 231 Å². The van der Waals surface area contributed by atoms with E-state index in [1.54, 1.807) is 0 Å². The number of aromatic nitrogens is 1. The first kappa shape index (κ1) is 35.2. The lowest BCUT2D eigenvalue weighted by atomic mass is 9.94. The maximum atomic E-state index is 6.63. The first-order valence-corrected chi connectivity index (χ1v) is 20.4. The van der Waals surface area contributed by atoms with E-state index in [2.05, 4.69) is 229 Å². The molecular weight excluding hydrogens is 729 g/mol. The van der Waals surface area contributed by atoms with Crippen molar-refractivity contribution < 1.29 is 4.42 Å². The Morgan fingerprint density at radius 2 is 0.883 bits per heavy atom. The van der Waals surface area contributed by atoms with Gasteiger partial charge in [-0.1, -0.05) is 182 Å². The van der Waals surface area contributed by atoms with Crippen LogP contribution in [-0.4, -0.2) is 4.98 Å². The smallest absolute Gasteiger partial charge is 0.227 e. The summed E-state index contributed by atoms with van der Waals surface area (Å²) in [6, 6.07) is 81.9. The molecule has 10 aromatic carbocycles. The standard InChI is InChI=1S/C57H38N2O/c1-3-15-39(16-4-1)41-29-31-44(32-30-41)57-58-54-38-53(50-24-9-10-26-52(50)56(54)60-57)51-25-11-12-28-55(51)59(47-22-13-21-45(37-47)40-17-5-2-6-18-40)46-35-33-43(34-36-46)49-27-14-20-42-19-7-8-23-48(42)49/h1-38H. The molecule has 0 aliphatic carbocycles. The van der Waals surface area contributed by atoms with E-state index in [4.69, 9.17) is 9.40 Å². The molecular formula is C57H38N2O. The van der Waals surface area contributed by atoms with Crippen molar-refractivity contribution in [1.29, 1.82) is 0 Å². The molecule has 1 heterocycles. The van der Waals surface area contributed by atoms with Crippen molar-refractivity contribution in [2.75, 3.05) is 4.90 Å². The van der Waals surface area contributed by atoms with E-state index in [1.165, 1.54) is 33.0 Å². The molecule has 3 heteroatoms. The summed E-state index contributed by atoms with van der Waals surface area (Å²) in [4.78, 5) is 7.52. The molecule has 0 unspecified atom stereocenters. The van der Waals surface area contributed by atoms with Crippen LogP contribution in [0.1, 0.15) is 0 Å². The quantitative estimate of drug-likeness (QED) is 0.154. The third kappa shape index (κ3) is 6.39. The number of anilines is 3. The number of hydrogen-bond acceptors (Lipinski definition) is 3. The Morgan fingerprint density at radius 3 is 1.67 bits per heavy atom. The van der Waals surface area contributed by atoms with Gasteiger partial charge >= 0.3 is 0 Å². The Hall–Kier alpha value is -8.01. The number of para-hydroxylation sites is 1. The lowest BCUT2D eigenvalue weighted by Gasteiger charge is -2.29. The van der Waals surface area contributed by atoms with E-state index in [-0.39, 0.29) is 0 Å². The van der Waals surface area contributed by atoms with Gasteiger partial charge in [0.1, 0.15) is 5.52 Å². The minimum atomic E-state index is 0.603. The van der Waals surface area contributed by atoms with Crippen LogP contribution < -0.4 is 4.90 Å². The molecule has 0 bridgehead atoms. The van der Waals surface area contributed by atoms with Gasteiger partial charge in [-0.15, -0.1) is 0 Å². The first-order valence-electron chi connectivity index (χ1n) is 20.4. The normalized spacial score (nSPS) is 11.3. The number of nitrogens with zero attached hydrogens (tertiary/aromatic N) is 2. The fourth-order valence-corrected chi connectivity index (χ4v) is 8.58. The predicted molar refractivity (Wildman–Crippen MR) is 251 cm³/mol. The van der Waals surface area contributed by atoms with Crippen molar-refractivity contribution in [2.45, 2.75) is 0 Å². The van der Waals surface area contributed by atoms with Gasteiger partial charge in [0.15, 0.2) is 5.58 Å². The summed E-state index contributed by atoms with van der Waals surface area (Å²) in [5.41, 5.74) is 15.0. The Balaban J connectivity index is 1.06. The second-order valence-electron chi connectivity index (χ2n) is 15.1. The molecule has 0 atom stereocenters. The fraction of sp³-hybridized carbons (Fsp3) is 0. The van der Waals surface area contributed by atoms with Crippen molar-refractivity contribution in [3.8, 4) is 56.0 Å². The molecule has 0 spiro atoms. The number of fused-ring (bicyclic) bond motifs is 4. The van der Waals surface area contributed by atoms with E-state index in [9.17, 15) is 0 Å². The Kier molecular flexibility index (Phi) is 8.83. The Bertz CT molecular complexity index is 3290. The topological polar surface area (TPSA) is 29.3 Å². The van der Waals surface area contributed by atoms with Crippen LogP contribution in [0.2, 0.25) is 0 Å². The molecule has 0 aliphatic rings. The number of hydrogen-bond donors (Lipinski definition) is 0. The molecule has 0 aliphatic heterocycles. The molecule has 0 N–H and O–H groups in total. The molecule has 0 fully saturated rings. The van der Waals surface area contributed by atoms with Gasteiger partial charge in [0.2, 0.25) is 5.89 Å². The molecule has 1 aromatic heterocycles. The van der Waals surface area contributed by atoms with Crippen LogP contribution in [0, 0.1) is 0 Å². The highest BCUT2D eigenvalue weighted by Gasteiger charge is 2.22. The predicted octanol–water partition coefficient (Wildman–Crippen LogP) is 15.9. The summed E-state index contributed by atoms with van der Waals surface area (Å²) in [6.45, 7) is 0. The minimum Gasteiger partial charge on any atom is -0.435 e. The summed E-state index contributed by atoms with van der Waals surface area (Å²) in [5.74, 6) is 0.603. The third-order valence-corrected chi connectivity index (χ3v) is 11.5. The average Bonchev–Trinajstić information content (AvgIpc) is 3.77. The van der Waals surface area contributed by atoms with Gasteiger partial charge in [0, 0.05) is 27.9 Å². The summed E-state index contributed by atoms with van der Waals surface area (Å²) in [7, 11) is 0. The molecule has 0 radical (unpaired) electrons. The zero-order valence-electron chi connectivity index (χ0n) is 32.7. The van der Waals surface area contributed by atoms with Crippen molar-refractivity contribution >= 4 is 49.7 Å². The second-order valence-corrected chi connectivity index (χ2v) is 15.1. The average molecular weight is 767 g/mol. The van der Waals surface area contributed by atoms with E-state index in [1.807, 2.05) is 6.07 Å². The summed E-state index contributed by atoms with van der Waals surface area (Å²) < 4.78 is 6.63. The molecule has 60 heavy (non-hydrogen) atoms. The highest BCUT2D eigenvalue weighted by molar-refractivity contribution is 6.12. The van der Waals surface area contributed by atoms with Crippen LogP contribution in [0.25, 0.3) is 88.6 Å². The maximum absolute atomic E-state index is 6.63. The zero-order valence-corrected chi connectivity index (χ0v) is 32.7. The fourth-order valence-electron chi connectivity index (χ4n) is 8.58. The van der Waals surface area contributed by atoms with Gasteiger partial charge in [-0.25, -0.2) is 4.98 Å². The van der Waals surface area contributed by atoms with Crippen molar-refractivity contribution in [1.82, 2.24) is 4.98 Å². The molecule has 3 nitrogen and oxygen atoms in total. The van der Waals surface area contributed by atoms with Gasteiger partial charge in [-0.3, -0.25) is 0 Å². The number of oxazole rings is 1. The van der Waals surface area contributed by atoms with Gasteiger partial charge < -0.3 is 9.32 Å². The third-order valence-electron chi connectivity index (χ3n) is 11.5. The molecule has 0 amide bonds. The largest absolute Gasteiger partial charge is 0.435 e. The monoisotopic (exact) mass is 766 g/mol. The first-order chi connectivity index (χ1) is 29.7. The molecule has 282 valence electrons. The lowest BCUT2D eigenvalue weighted by molar-refractivity contribution is 0.623. The Labute approximate surface area is 349 Å². The number of rotatable bonds is 8. The zero-order chi connectivity index (χ0) is 39.8. The summed E-state index contributed by atoms with van der Waals surface area (Å²) >= 11 is 0. The van der Waals surface area contributed by atoms with E-state index in [0.717, 1.165) is 66.8 Å². The van der Waals surface area contributed by atoms with E-state index >= 15 is 0 Å². The van der Waals surface area contributed by atoms with E-state index < -0.39 is 0 Å². The second kappa shape index (κ2) is 15.1.